The Kier molecular flexibility index (Phi) is 5.03. The summed E-state index contributed by atoms with van der Waals surface area (Å²) in [5.74, 6) is 0.201. The van der Waals surface area contributed by atoms with Crippen molar-refractivity contribution >= 4 is 37.1 Å². The van der Waals surface area contributed by atoms with Gasteiger partial charge in [-0.1, -0.05) is 22.0 Å². The highest BCUT2D eigenvalue weighted by Crippen LogP contribution is 2.31. The van der Waals surface area contributed by atoms with Crippen LogP contribution in [0.1, 0.15) is 5.56 Å². The predicted molar refractivity (Wildman–Crippen MR) is 99.1 cm³/mol. The number of aromatic nitrogens is 1. The molecule has 0 fully saturated rings. The van der Waals surface area contributed by atoms with Crippen LogP contribution in [0.2, 0.25) is 0 Å². The molecular weight excluding hydrogens is 410 g/mol. The molecule has 3 aromatic rings. The molecule has 0 spiro atoms. The average Bonchev–Trinajstić information content (AvgIpc) is 3.09. The topological polar surface area (TPSA) is 56.3 Å². The number of methoxy groups -OCH3 is 1. The first-order valence-corrected chi connectivity index (χ1v) is 10.4. The van der Waals surface area contributed by atoms with Crippen LogP contribution in [0.15, 0.2) is 63.5 Å². The van der Waals surface area contributed by atoms with Crippen LogP contribution in [-0.2, 0) is 15.6 Å². The molecule has 0 aliphatic heterocycles. The molecule has 0 radical (unpaired) electrons. The van der Waals surface area contributed by atoms with Crippen molar-refractivity contribution in [3.05, 3.63) is 64.2 Å². The van der Waals surface area contributed by atoms with Crippen molar-refractivity contribution in [1.82, 2.24) is 4.98 Å². The maximum atomic E-state index is 12.8. The van der Waals surface area contributed by atoms with Gasteiger partial charge in [-0.2, -0.15) is 0 Å². The second-order valence-electron chi connectivity index (χ2n) is 5.11. The van der Waals surface area contributed by atoms with Crippen molar-refractivity contribution in [3.63, 3.8) is 0 Å². The van der Waals surface area contributed by atoms with E-state index in [0.717, 1.165) is 10.4 Å². The number of thiophene rings is 1. The van der Waals surface area contributed by atoms with Crippen LogP contribution in [0.25, 0.3) is 10.4 Å². The van der Waals surface area contributed by atoms with Crippen molar-refractivity contribution < 1.29 is 13.2 Å². The van der Waals surface area contributed by atoms with E-state index < -0.39 is 9.84 Å². The van der Waals surface area contributed by atoms with Gasteiger partial charge in [0.25, 0.3) is 0 Å². The Morgan fingerprint density at radius 2 is 2.04 bits per heavy atom. The van der Waals surface area contributed by atoms with Gasteiger partial charge in [0.1, 0.15) is 10.6 Å². The molecular formula is C17H14BrNO3S2. The maximum Gasteiger partial charge on any atom is 0.186 e. The number of pyridine rings is 1. The fourth-order valence-electron chi connectivity index (χ4n) is 2.33. The van der Waals surface area contributed by atoms with Crippen LogP contribution in [0, 0.1) is 0 Å². The van der Waals surface area contributed by atoms with Gasteiger partial charge in [0, 0.05) is 27.3 Å². The quantitative estimate of drug-likeness (QED) is 0.603. The van der Waals surface area contributed by atoms with Gasteiger partial charge in [0.2, 0.25) is 0 Å². The SMILES string of the molecule is COc1ccc(Br)cc1S(=O)(=O)Cc1cncc(-c2cccs2)c1. The van der Waals surface area contributed by atoms with E-state index in [0.29, 0.717) is 15.8 Å². The van der Waals surface area contributed by atoms with E-state index >= 15 is 0 Å². The third-order valence-electron chi connectivity index (χ3n) is 3.42. The molecule has 2 aromatic heterocycles. The van der Waals surface area contributed by atoms with Gasteiger partial charge >= 0.3 is 0 Å². The van der Waals surface area contributed by atoms with Crippen LogP contribution in [0.4, 0.5) is 0 Å². The highest BCUT2D eigenvalue weighted by molar-refractivity contribution is 9.10. The normalized spacial score (nSPS) is 11.4. The summed E-state index contributed by atoms with van der Waals surface area (Å²) >= 11 is 4.90. The second kappa shape index (κ2) is 7.04. The Hall–Kier alpha value is -1.70. The first-order valence-electron chi connectivity index (χ1n) is 7.04. The molecule has 124 valence electrons. The van der Waals surface area contributed by atoms with E-state index in [2.05, 4.69) is 20.9 Å². The van der Waals surface area contributed by atoms with Crippen molar-refractivity contribution in [2.24, 2.45) is 0 Å². The molecule has 0 saturated carbocycles. The summed E-state index contributed by atoms with van der Waals surface area (Å²) in [6, 6.07) is 10.7. The van der Waals surface area contributed by atoms with Gasteiger partial charge in [0.05, 0.1) is 12.9 Å². The molecule has 3 rings (SSSR count). The van der Waals surface area contributed by atoms with Gasteiger partial charge in [-0.15, -0.1) is 11.3 Å². The molecule has 1 aromatic carbocycles. The molecule has 0 saturated heterocycles. The largest absolute Gasteiger partial charge is 0.495 e. The molecule has 0 aliphatic carbocycles. The smallest absolute Gasteiger partial charge is 0.186 e. The minimum Gasteiger partial charge on any atom is -0.495 e. The predicted octanol–water partition coefficient (Wildman–Crippen LogP) is 4.56. The number of hydrogen-bond donors (Lipinski definition) is 0. The van der Waals surface area contributed by atoms with Gasteiger partial charge in [-0.05, 0) is 41.3 Å². The minimum absolute atomic E-state index is 0.133. The van der Waals surface area contributed by atoms with Crippen LogP contribution >= 0.6 is 27.3 Å². The van der Waals surface area contributed by atoms with Crippen molar-refractivity contribution in [2.45, 2.75) is 10.6 Å². The zero-order chi connectivity index (χ0) is 17.2. The molecule has 0 atom stereocenters. The summed E-state index contributed by atoms with van der Waals surface area (Å²) in [5, 5.41) is 1.98. The number of sulfone groups is 1. The molecule has 0 amide bonds. The van der Waals surface area contributed by atoms with E-state index in [9.17, 15) is 8.42 Å². The summed E-state index contributed by atoms with van der Waals surface area (Å²) in [5.41, 5.74) is 1.56. The summed E-state index contributed by atoms with van der Waals surface area (Å²) < 4.78 is 31.5. The number of benzene rings is 1. The third-order valence-corrected chi connectivity index (χ3v) is 6.53. The van der Waals surface area contributed by atoms with E-state index in [-0.39, 0.29) is 10.6 Å². The zero-order valence-corrected chi connectivity index (χ0v) is 16.0. The van der Waals surface area contributed by atoms with Crippen molar-refractivity contribution in [2.75, 3.05) is 7.11 Å². The van der Waals surface area contributed by atoms with Crippen LogP contribution in [0.5, 0.6) is 5.75 Å². The van der Waals surface area contributed by atoms with Gasteiger partial charge < -0.3 is 4.74 Å². The van der Waals surface area contributed by atoms with Crippen LogP contribution < -0.4 is 4.74 Å². The number of ether oxygens (including phenoxy) is 1. The molecule has 4 nitrogen and oxygen atoms in total. The molecule has 0 aliphatic rings. The lowest BCUT2D eigenvalue weighted by atomic mass is 10.2. The Morgan fingerprint density at radius 1 is 1.21 bits per heavy atom. The maximum absolute atomic E-state index is 12.8. The number of nitrogens with zero attached hydrogens (tertiary/aromatic N) is 1. The number of hydrogen-bond acceptors (Lipinski definition) is 5. The first-order chi connectivity index (χ1) is 11.5. The van der Waals surface area contributed by atoms with E-state index in [1.165, 1.54) is 7.11 Å². The lowest BCUT2D eigenvalue weighted by Gasteiger charge is -2.10. The monoisotopic (exact) mass is 423 g/mol. The molecule has 0 N–H and O–H groups in total. The highest BCUT2D eigenvalue weighted by atomic mass is 79.9. The third kappa shape index (κ3) is 3.68. The van der Waals surface area contributed by atoms with Gasteiger partial charge in [-0.3, -0.25) is 4.98 Å². The number of halogens is 1. The van der Waals surface area contributed by atoms with E-state index in [4.69, 9.17) is 4.74 Å². The molecule has 2 heterocycles. The first kappa shape index (κ1) is 17.1. The van der Waals surface area contributed by atoms with E-state index in [1.807, 2.05) is 23.6 Å². The second-order valence-corrected chi connectivity index (χ2v) is 8.93. The van der Waals surface area contributed by atoms with Crippen molar-refractivity contribution in [3.8, 4) is 16.2 Å². The zero-order valence-electron chi connectivity index (χ0n) is 12.8. The Balaban J connectivity index is 1.96. The molecule has 24 heavy (non-hydrogen) atoms. The lowest BCUT2D eigenvalue weighted by molar-refractivity contribution is 0.402. The summed E-state index contributed by atoms with van der Waals surface area (Å²) in [6.07, 6.45) is 3.32. The lowest BCUT2D eigenvalue weighted by Crippen LogP contribution is -2.07. The average molecular weight is 424 g/mol. The summed E-state index contributed by atoms with van der Waals surface area (Å²) in [6.45, 7) is 0. The summed E-state index contributed by atoms with van der Waals surface area (Å²) in [4.78, 5) is 5.41. The minimum atomic E-state index is -3.56. The standard InChI is InChI=1S/C17H14BrNO3S2/c1-22-15-5-4-14(18)8-17(15)24(20,21)11-12-7-13(10-19-9-12)16-3-2-6-23-16/h2-10H,11H2,1H3. The van der Waals surface area contributed by atoms with Crippen molar-refractivity contribution in [1.29, 1.82) is 0 Å². The summed E-state index contributed by atoms with van der Waals surface area (Å²) in [7, 11) is -2.10. The fraction of sp³-hybridized carbons (Fsp3) is 0.118. The fourth-order valence-corrected chi connectivity index (χ4v) is 5.07. The Bertz CT molecular complexity index is 954. The Labute approximate surface area is 153 Å². The molecule has 0 unspecified atom stereocenters. The van der Waals surface area contributed by atoms with Crippen LogP contribution in [-0.4, -0.2) is 20.5 Å². The molecule has 0 bridgehead atoms. The van der Waals surface area contributed by atoms with E-state index in [1.54, 1.807) is 41.9 Å². The Morgan fingerprint density at radius 3 is 2.75 bits per heavy atom. The van der Waals surface area contributed by atoms with Crippen LogP contribution in [0.3, 0.4) is 0 Å². The highest BCUT2D eigenvalue weighted by Gasteiger charge is 2.21. The van der Waals surface area contributed by atoms with Gasteiger partial charge in [-0.25, -0.2) is 8.42 Å². The van der Waals surface area contributed by atoms with Gasteiger partial charge in [0.15, 0.2) is 9.84 Å². The number of rotatable bonds is 5. The molecule has 7 heteroatoms.